The molecule has 0 aliphatic rings. The minimum absolute atomic E-state index is 0.0714. The van der Waals surface area contributed by atoms with Crippen LogP contribution >= 0.6 is 15.9 Å². The van der Waals surface area contributed by atoms with E-state index >= 15 is 0 Å². The van der Waals surface area contributed by atoms with Gasteiger partial charge in [-0.1, -0.05) is 28.1 Å². The average molecular weight is 279 g/mol. The van der Waals surface area contributed by atoms with Gasteiger partial charge >= 0.3 is 0 Å². The second-order valence-corrected chi connectivity index (χ2v) is 4.90. The summed E-state index contributed by atoms with van der Waals surface area (Å²) in [6, 6.07) is 12.5. The van der Waals surface area contributed by atoms with E-state index in [1.807, 2.05) is 19.1 Å². The first-order valence-corrected chi connectivity index (χ1v) is 6.11. The van der Waals surface area contributed by atoms with Gasteiger partial charge in [-0.15, -0.1) is 0 Å². The molecule has 0 spiro atoms. The monoisotopic (exact) mass is 278 g/mol. The first-order chi connectivity index (χ1) is 7.66. The third-order valence-electron chi connectivity index (χ3n) is 2.57. The van der Waals surface area contributed by atoms with Crippen molar-refractivity contribution >= 4 is 15.9 Å². The molecule has 1 aromatic heterocycles. The maximum atomic E-state index is 5.91. The zero-order valence-electron chi connectivity index (χ0n) is 9.23. The zero-order valence-corrected chi connectivity index (χ0v) is 10.8. The van der Waals surface area contributed by atoms with E-state index < -0.39 is 0 Å². The topological polar surface area (TPSA) is 30.9 Å². The Morgan fingerprint density at radius 1 is 1.31 bits per heavy atom. The van der Waals surface area contributed by atoms with Crippen LogP contribution in [0, 0.1) is 0 Å². The Hall–Kier alpha value is -1.06. The third-order valence-corrected chi connectivity index (χ3v) is 3.07. The molecule has 1 atom stereocenters. The van der Waals surface area contributed by atoms with E-state index in [1.165, 1.54) is 11.3 Å². The molecule has 0 aliphatic carbocycles. The molecule has 2 N–H and O–H groups in total. The van der Waals surface area contributed by atoms with E-state index in [2.05, 4.69) is 51.0 Å². The summed E-state index contributed by atoms with van der Waals surface area (Å²) >= 11 is 3.48. The van der Waals surface area contributed by atoms with Gasteiger partial charge in [0.2, 0.25) is 0 Å². The maximum Gasteiger partial charge on any atom is 0.0473 e. The van der Waals surface area contributed by atoms with Gasteiger partial charge in [0.25, 0.3) is 0 Å². The predicted molar refractivity (Wildman–Crippen MR) is 70.3 cm³/mol. The van der Waals surface area contributed by atoms with Crippen molar-refractivity contribution in [3.05, 3.63) is 58.3 Å². The summed E-state index contributed by atoms with van der Waals surface area (Å²) < 4.78 is 3.30. The van der Waals surface area contributed by atoms with Gasteiger partial charge in [0.1, 0.15) is 0 Å². The second-order valence-electron chi connectivity index (χ2n) is 3.98. The van der Waals surface area contributed by atoms with Crippen LogP contribution in [0.4, 0.5) is 0 Å². The van der Waals surface area contributed by atoms with Crippen LogP contribution in [0.25, 0.3) is 0 Å². The fourth-order valence-corrected chi connectivity index (χ4v) is 2.26. The van der Waals surface area contributed by atoms with Gasteiger partial charge in [-0.3, -0.25) is 0 Å². The number of hydrogen-bond acceptors (Lipinski definition) is 1. The summed E-state index contributed by atoms with van der Waals surface area (Å²) in [5.41, 5.74) is 8.35. The molecule has 1 unspecified atom stereocenters. The first kappa shape index (κ1) is 11.4. The highest BCUT2D eigenvalue weighted by Gasteiger charge is 2.05. The Morgan fingerprint density at radius 3 is 2.81 bits per heavy atom. The number of halogens is 1. The Morgan fingerprint density at radius 2 is 2.12 bits per heavy atom. The van der Waals surface area contributed by atoms with E-state index in [0.717, 1.165) is 11.0 Å². The predicted octanol–water partition coefficient (Wildman–Crippen LogP) is 3.32. The number of hydrogen-bond donors (Lipinski definition) is 1. The molecule has 0 aliphatic heterocycles. The molecule has 1 heterocycles. The van der Waals surface area contributed by atoms with Crippen LogP contribution in [0.3, 0.4) is 0 Å². The van der Waals surface area contributed by atoms with E-state index in [1.54, 1.807) is 0 Å². The third kappa shape index (κ3) is 2.54. The lowest BCUT2D eigenvalue weighted by atomic mass is 10.2. The molecule has 0 fully saturated rings. The number of aromatic nitrogens is 1. The van der Waals surface area contributed by atoms with Crippen LogP contribution in [-0.4, -0.2) is 4.57 Å². The van der Waals surface area contributed by atoms with E-state index in [4.69, 9.17) is 5.73 Å². The molecule has 0 radical (unpaired) electrons. The molecule has 1 aromatic carbocycles. The standard InChI is InChI=1S/C13H15BrN2/c1-10(15)13-6-3-7-16(13)9-11-4-2-5-12(14)8-11/h2-8,10H,9,15H2,1H3. The lowest BCUT2D eigenvalue weighted by Gasteiger charge is -2.12. The maximum absolute atomic E-state index is 5.91. The summed E-state index contributed by atoms with van der Waals surface area (Å²) in [6.45, 7) is 2.87. The molecule has 2 nitrogen and oxygen atoms in total. The van der Waals surface area contributed by atoms with Crippen LogP contribution in [0.5, 0.6) is 0 Å². The minimum Gasteiger partial charge on any atom is -0.346 e. The highest BCUT2D eigenvalue weighted by Crippen LogP contribution is 2.16. The fraction of sp³-hybridized carbons (Fsp3) is 0.231. The van der Waals surface area contributed by atoms with Gasteiger partial charge in [-0.05, 0) is 36.8 Å². The number of rotatable bonds is 3. The van der Waals surface area contributed by atoms with E-state index in [-0.39, 0.29) is 6.04 Å². The smallest absolute Gasteiger partial charge is 0.0473 e. The van der Waals surface area contributed by atoms with Crippen molar-refractivity contribution in [2.75, 3.05) is 0 Å². The van der Waals surface area contributed by atoms with Crippen molar-refractivity contribution in [2.24, 2.45) is 5.73 Å². The molecule has 2 aromatic rings. The van der Waals surface area contributed by atoms with Gasteiger partial charge < -0.3 is 10.3 Å². The number of benzene rings is 1. The van der Waals surface area contributed by atoms with Crippen molar-refractivity contribution < 1.29 is 0 Å². The summed E-state index contributed by atoms with van der Waals surface area (Å²) in [6.07, 6.45) is 2.07. The van der Waals surface area contributed by atoms with Crippen molar-refractivity contribution in [1.29, 1.82) is 0 Å². The largest absolute Gasteiger partial charge is 0.346 e. The summed E-state index contributed by atoms with van der Waals surface area (Å²) in [4.78, 5) is 0. The SMILES string of the molecule is CC(N)c1cccn1Cc1cccc(Br)c1. The van der Waals surface area contributed by atoms with Crippen molar-refractivity contribution in [1.82, 2.24) is 4.57 Å². The highest BCUT2D eigenvalue weighted by atomic mass is 79.9. The quantitative estimate of drug-likeness (QED) is 0.918. The molecule has 16 heavy (non-hydrogen) atoms. The van der Waals surface area contributed by atoms with E-state index in [0.29, 0.717) is 0 Å². The minimum atomic E-state index is 0.0714. The van der Waals surface area contributed by atoms with Gasteiger partial charge in [-0.2, -0.15) is 0 Å². The molecular formula is C13H15BrN2. The van der Waals surface area contributed by atoms with Gasteiger partial charge in [-0.25, -0.2) is 0 Å². The van der Waals surface area contributed by atoms with Crippen molar-refractivity contribution in [2.45, 2.75) is 19.5 Å². The van der Waals surface area contributed by atoms with Crippen LogP contribution in [0.2, 0.25) is 0 Å². The highest BCUT2D eigenvalue weighted by molar-refractivity contribution is 9.10. The molecule has 0 bridgehead atoms. The second kappa shape index (κ2) is 4.85. The Balaban J connectivity index is 2.24. The zero-order chi connectivity index (χ0) is 11.5. The number of nitrogens with zero attached hydrogens (tertiary/aromatic N) is 1. The van der Waals surface area contributed by atoms with Crippen LogP contribution in [-0.2, 0) is 6.54 Å². The molecule has 0 saturated carbocycles. The molecule has 3 heteroatoms. The van der Waals surface area contributed by atoms with Gasteiger partial charge in [0, 0.05) is 29.0 Å². The fourth-order valence-electron chi connectivity index (χ4n) is 1.82. The molecular weight excluding hydrogens is 264 g/mol. The Bertz CT molecular complexity index is 474. The average Bonchev–Trinajstić information content (AvgIpc) is 2.66. The molecule has 84 valence electrons. The molecule has 0 amide bonds. The van der Waals surface area contributed by atoms with Crippen molar-refractivity contribution in [3.63, 3.8) is 0 Å². The lowest BCUT2D eigenvalue weighted by Crippen LogP contribution is -2.12. The van der Waals surface area contributed by atoms with E-state index in [9.17, 15) is 0 Å². The number of nitrogens with two attached hydrogens (primary N) is 1. The van der Waals surface area contributed by atoms with Gasteiger partial charge in [0.15, 0.2) is 0 Å². The summed E-state index contributed by atoms with van der Waals surface area (Å²) in [5.74, 6) is 0. The first-order valence-electron chi connectivity index (χ1n) is 5.32. The van der Waals surface area contributed by atoms with Crippen LogP contribution < -0.4 is 5.73 Å². The molecule has 2 rings (SSSR count). The van der Waals surface area contributed by atoms with Gasteiger partial charge in [0.05, 0.1) is 0 Å². The summed E-state index contributed by atoms with van der Waals surface area (Å²) in [7, 11) is 0. The Kier molecular flexibility index (Phi) is 3.46. The summed E-state index contributed by atoms with van der Waals surface area (Å²) in [5, 5.41) is 0. The van der Waals surface area contributed by atoms with Crippen molar-refractivity contribution in [3.8, 4) is 0 Å². The molecule has 0 saturated heterocycles. The lowest BCUT2D eigenvalue weighted by molar-refractivity contribution is 0.675. The van der Waals surface area contributed by atoms with Crippen LogP contribution in [0.15, 0.2) is 47.1 Å². The normalized spacial score (nSPS) is 12.7. The Labute approximate surface area is 104 Å². The van der Waals surface area contributed by atoms with Crippen LogP contribution in [0.1, 0.15) is 24.2 Å².